The lowest BCUT2D eigenvalue weighted by Crippen LogP contribution is -2.39. The highest BCUT2D eigenvalue weighted by Crippen LogP contribution is 2.23. The molecule has 2 rings (SSSR count). The highest BCUT2D eigenvalue weighted by atomic mass is 15.1. The summed E-state index contributed by atoms with van der Waals surface area (Å²) >= 11 is 0. The van der Waals surface area contributed by atoms with Gasteiger partial charge in [0.05, 0.1) is 0 Å². The van der Waals surface area contributed by atoms with Crippen LogP contribution in [0.4, 0.5) is 0 Å². The Hall–Kier alpha value is -0.860. The molecule has 2 nitrogen and oxygen atoms in total. The summed E-state index contributed by atoms with van der Waals surface area (Å²) in [7, 11) is 0. The van der Waals surface area contributed by atoms with Crippen LogP contribution in [0.3, 0.4) is 0 Å². The third kappa shape index (κ3) is 4.05. The second-order valence-corrected chi connectivity index (χ2v) is 5.89. The van der Waals surface area contributed by atoms with Crippen molar-refractivity contribution in [2.24, 2.45) is 5.92 Å². The van der Waals surface area contributed by atoms with Crippen LogP contribution in [0.2, 0.25) is 0 Å². The lowest BCUT2D eigenvalue weighted by atomic mass is 9.97. The Morgan fingerprint density at radius 3 is 2.63 bits per heavy atom. The molecule has 0 saturated carbocycles. The molecule has 0 amide bonds. The van der Waals surface area contributed by atoms with Gasteiger partial charge >= 0.3 is 0 Å². The van der Waals surface area contributed by atoms with E-state index < -0.39 is 0 Å². The van der Waals surface area contributed by atoms with E-state index in [1.165, 1.54) is 43.6 Å². The first-order valence-electron chi connectivity index (χ1n) is 7.72. The molecule has 1 aromatic rings. The topological polar surface area (TPSA) is 15.3 Å². The molecule has 2 atom stereocenters. The maximum Gasteiger partial charge on any atom is 0.0319 e. The molecule has 0 aromatic heterocycles. The van der Waals surface area contributed by atoms with Crippen LogP contribution in [-0.2, 0) is 0 Å². The molecule has 1 aliphatic rings. The summed E-state index contributed by atoms with van der Waals surface area (Å²) in [4.78, 5) is 2.61. The predicted octanol–water partition coefficient (Wildman–Crippen LogP) is 3.38. The van der Waals surface area contributed by atoms with Gasteiger partial charge in [-0.25, -0.2) is 0 Å². The molecule has 0 bridgehead atoms. The molecule has 1 fully saturated rings. The normalized spacial score (nSPS) is 21.6. The van der Waals surface area contributed by atoms with Crippen LogP contribution in [0.5, 0.6) is 0 Å². The summed E-state index contributed by atoms with van der Waals surface area (Å²) < 4.78 is 0. The zero-order valence-electron chi connectivity index (χ0n) is 12.7. The fourth-order valence-electron chi connectivity index (χ4n) is 3.03. The van der Waals surface area contributed by atoms with Crippen LogP contribution in [-0.4, -0.2) is 31.1 Å². The van der Waals surface area contributed by atoms with E-state index in [0.717, 1.165) is 12.5 Å². The van der Waals surface area contributed by atoms with Gasteiger partial charge in [-0.1, -0.05) is 36.8 Å². The number of aryl methyl sites for hydroxylation is 1. The summed E-state index contributed by atoms with van der Waals surface area (Å²) in [5.41, 5.74) is 2.78. The van der Waals surface area contributed by atoms with Crippen molar-refractivity contribution < 1.29 is 0 Å². The van der Waals surface area contributed by atoms with Gasteiger partial charge in [0.2, 0.25) is 0 Å². The van der Waals surface area contributed by atoms with Crippen molar-refractivity contribution in [2.75, 3.05) is 26.2 Å². The van der Waals surface area contributed by atoms with Crippen molar-refractivity contribution in [1.82, 2.24) is 10.2 Å². The Morgan fingerprint density at radius 1 is 1.32 bits per heavy atom. The summed E-state index contributed by atoms with van der Waals surface area (Å²) in [5.74, 6) is 0.821. The molecule has 2 heteroatoms. The molecule has 1 aliphatic heterocycles. The van der Waals surface area contributed by atoms with E-state index in [4.69, 9.17) is 0 Å². The van der Waals surface area contributed by atoms with E-state index in [2.05, 4.69) is 55.3 Å². The minimum Gasteiger partial charge on any atom is -0.316 e. The second kappa shape index (κ2) is 7.06. The molecule has 1 N–H and O–H groups in total. The highest BCUT2D eigenvalue weighted by Gasteiger charge is 2.20. The van der Waals surface area contributed by atoms with Crippen molar-refractivity contribution in [1.29, 1.82) is 0 Å². The number of benzene rings is 1. The van der Waals surface area contributed by atoms with Gasteiger partial charge in [0.15, 0.2) is 0 Å². The SMILES string of the molecule is CCN(CC1CCCNC1)C(C)c1ccc(C)cc1. The molecule has 1 aromatic carbocycles. The molecule has 1 heterocycles. The van der Waals surface area contributed by atoms with E-state index in [1.807, 2.05) is 0 Å². The van der Waals surface area contributed by atoms with Gasteiger partial charge in [-0.2, -0.15) is 0 Å². The quantitative estimate of drug-likeness (QED) is 0.873. The Balaban J connectivity index is 1.97. The molecule has 0 aliphatic carbocycles. The van der Waals surface area contributed by atoms with Crippen LogP contribution in [0.25, 0.3) is 0 Å². The predicted molar refractivity (Wildman–Crippen MR) is 82.4 cm³/mol. The van der Waals surface area contributed by atoms with Gasteiger partial charge in [0.25, 0.3) is 0 Å². The Morgan fingerprint density at radius 2 is 2.05 bits per heavy atom. The molecular weight excluding hydrogens is 232 g/mol. The van der Waals surface area contributed by atoms with Gasteiger partial charge < -0.3 is 5.32 Å². The average molecular weight is 260 g/mol. The molecule has 2 unspecified atom stereocenters. The molecular formula is C17H28N2. The number of rotatable bonds is 5. The van der Waals surface area contributed by atoms with Crippen LogP contribution in [0.1, 0.15) is 43.9 Å². The van der Waals surface area contributed by atoms with Gasteiger partial charge in [0.1, 0.15) is 0 Å². The van der Waals surface area contributed by atoms with Crippen molar-refractivity contribution in [3.63, 3.8) is 0 Å². The molecule has 106 valence electrons. The summed E-state index contributed by atoms with van der Waals surface area (Å²) in [6, 6.07) is 9.53. The summed E-state index contributed by atoms with van der Waals surface area (Å²) in [6.07, 6.45) is 2.71. The number of piperidine rings is 1. The van der Waals surface area contributed by atoms with Crippen LogP contribution in [0.15, 0.2) is 24.3 Å². The first-order valence-corrected chi connectivity index (χ1v) is 7.72. The maximum absolute atomic E-state index is 3.52. The van der Waals surface area contributed by atoms with Gasteiger partial charge in [0, 0.05) is 12.6 Å². The van der Waals surface area contributed by atoms with Crippen molar-refractivity contribution in [3.05, 3.63) is 35.4 Å². The standard InChI is InChI=1S/C17H28N2/c1-4-19(13-16-6-5-11-18-12-16)15(3)17-9-7-14(2)8-10-17/h7-10,15-16,18H,4-6,11-13H2,1-3H3. The molecule has 19 heavy (non-hydrogen) atoms. The first-order chi connectivity index (χ1) is 9.20. The van der Waals surface area contributed by atoms with E-state index in [-0.39, 0.29) is 0 Å². The number of nitrogens with zero attached hydrogens (tertiary/aromatic N) is 1. The third-order valence-corrected chi connectivity index (χ3v) is 4.41. The second-order valence-electron chi connectivity index (χ2n) is 5.89. The minimum absolute atomic E-state index is 0.521. The summed E-state index contributed by atoms with van der Waals surface area (Å²) in [5, 5.41) is 3.52. The fourth-order valence-corrected chi connectivity index (χ4v) is 3.03. The zero-order valence-corrected chi connectivity index (χ0v) is 12.7. The highest BCUT2D eigenvalue weighted by molar-refractivity contribution is 5.23. The maximum atomic E-state index is 3.52. The van der Waals surface area contributed by atoms with Gasteiger partial charge in [-0.05, 0) is 57.8 Å². The largest absolute Gasteiger partial charge is 0.316 e. The van der Waals surface area contributed by atoms with E-state index >= 15 is 0 Å². The van der Waals surface area contributed by atoms with E-state index in [0.29, 0.717) is 6.04 Å². The van der Waals surface area contributed by atoms with Crippen LogP contribution >= 0.6 is 0 Å². The monoisotopic (exact) mass is 260 g/mol. The fraction of sp³-hybridized carbons (Fsp3) is 0.647. The molecule has 1 saturated heterocycles. The smallest absolute Gasteiger partial charge is 0.0319 e. The van der Waals surface area contributed by atoms with Gasteiger partial charge in [-0.15, -0.1) is 0 Å². The summed E-state index contributed by atoms with van der Waals surface area (Å²) in [6.45, 7) is 11.5. The number of hydrogen-bond acceptors (Lipinski definition) is 2. The lowest BCUT2D eigenvalue weighted by Gasteiger charge is -2.33. The van der Waals surface area contributed by atoms with E-state index in [1.54, 1.807) is 0 Å². The van der Waals surface area contributed by atoms with Crippen molar-refractivity contribution >= 4 is 0 Å². The Labute approximate surface area is 118 Å². The minimum atomic E-state index is 0.521. The Bertz CT molecular complexity index is 365. The number of nitrogens with one attached hydrogen (secondary N) is 1. The first kappa shape index (κ1) is 14.5. The van der Waals surface area contributed by atoms with Crippen LogP contribution in [0, 0.1) is 12.8 Å². The van der Waals surface area contributed by atoms with Gasteiger partial charge in [-0.3, -0.25) is 4.90 Å². The zero-order chi connectivity index (χ0) is 13.7. The average Bonchev–Trinajstić information content (AvgIpc) is 2.46. The molecule has 0 radical (unpaired) electrons. The number of hydrogen-bond donors (Lipinski definition) is 1. The van der Waals surface area contributed by atoms with Crippen LogP contribution < -0.4 is 5.32 Å². The lowest BCUT2D eigenvalue weighted by molar-refractivity contribution is 0.171. The Kier molecular flexibility index (Phi) is 5.41. The van der Waals surface area contributed by atoms with Crippen molar-refractivity contribution in [2.45, 2.75) is 39.7 Å². The van der Waals surface area contributed by atoms with Crippen molar-refractivity contribution in [3.8, 4) is 0 Å². The third-order valence-electron chi connectivity index (χ3n) is 4.41. The van der Waals surface area contributed by atoms with E-state index in [9.17, 15) is 0 Å². The molecule has 0 spiro atoms.